The highest BCUT2D eigenvalue weighted by atomic mass is 16.5. The third-order valence-electron chi connectivity index (χ3n) is 3.95. The fourth-order valence-corrected chi connectivity index (χ4v) is 2.66. The summed E-state index contributed by atoms with van der Waals surface area (Å²) in [6.07, 6.45) is 2.25. The highest BCUT2D eigenvalue weighted by Crippen LogP contribution is 2.33. The van der Waals surface area contributed by atoms with Crippen LogP contribution in [0.1, 0.15) is 26.2 Å². The summed E-state index contributed by atoms with van der Waals surface area (Å²) in [5.74, 6) is 1.15. The number of unbranched alkanes of at least 4 members (excludes halogenated alkanes) is 1. The molecule has 1 unspecified atom stereocenters. The highest BCUT2D eigenvalue weighted by molar-refractivity contribution is 5.97. The smallest absolute Gasteiger partial charge is 0.315 e. The van der Waals surface area contributed by atoms with E-state index in [4.69, 9.17) is 9.47 Å². The van der Waals surface area contributed by atoms with Gasteiger partial charge in [-0.15, -0.1) is 0 Å². The second-order valence-electron chi connectivity index (χ2n) is 5.70. The van der Waals surface area contributed by atoms with E-state index in [-0.39, 0.29) is 24.4 Å². The van der Waals surface area contributed by atoms with Crippen LogP contribution in [0.4, 0.5) is 10.5 Å². The van der Waals surface area contributed by atoms with Gasteiger partial charge < -0.3 is 25.0 Å². The number of ether oxygens (including phenoxy) is 2. The van der Waals surface area contributed by atoms with Gasteiger partial charge in [0.15, 0.2) is 11.5 Å². The summed E-state index contributed by atoms with van der Waals surface area (Å²) >= 11 is 0. The van der Waals surface area contributed by atoms with Gasteiger partial charge in [0.2, 0.25) is 5.91 Å². The standard InChI is InChI=1S/C17H25N3O4/c1-4-5-8-18-17(22)19-12-9-16(21)20(11-12)13-6-7-14(23-2)15(10-13)24-3/h6-7,10,12H,4-5,8-9,11H2,1-3H3,(H2,18,19,22). The van der Waals surface area contributed by atoms with Gasteiger partial charge in [0.25, 0.3) is 0 Å². The Labute approximate surface area is 142 Å². The largest absolute Gasteiger partial charge is 0.493 e. The number of amides is 3. The summed E-state index contributed by atoms with van der Waals surface area (Å²) in [7, 11) is 3.12. The molecule has 7 nitrogen and oxygen atoms in total. The molecule has 0 aromatic heterocycles. The Morgan fingerprint density at radius 1 is 1.29 bits per heavy atom. The molecule has 1 aromatic rings. The minimum atomic E-state index is -0.226. The average molecular weight is 335 g/mol. The van der Waals surface area contributed by atoms with Crippen molar-refractivity contribution in [2.75, 3.05) is 32.2 Å². The lowest BCUT2D eigenvalue weighted by atomic mass is 10.2. The van der Waals surface area contributed by atoms with Crippen LogP contribution >= 0.6 is 0 Å². The third kappa shape index (κ3) is 4.31. The summed E-state index contributed by atoms with van der Waals surface area (Å²) < 4.78 is 10.5. The van der Waals surface area contributed by atoms with Crippen LogP contribution in [0.3, 0.4) is 0 Å². The van der Waals surface area contributed by atoms with Gasteiger partial charge in [-0.3, -0.25) is 4.79 Å². The van der Waals surface area contributed by atoms with E-state index >= 15 is 0 Å². The first-order valence-electron chi connectivity index (χ1n) is 8.15. The zero-order valence-electron chi connectivity index (χ0n) is 14.4. The van der Waals surface area contributed by atoms with E-state index in [1.54, 1.807) is 31.3 Å². The van der Waals surface area contributed by atoms with Crippen molar-refractivity contribution in [3.05, 3.63) is 18.2 Å². The van der Waals surface area contributed by atoms with Crippen molar-refractivity contribution in [1.29, 1.82) is 0 Å². The van der Waals surface area contributed by atoms with Crippen molar-refractivity contribution >= 4 is 17.6 Å². The Morgan fingerprint density at radius 3 is 2.71 bits per heavy atom. The fourth-order valence-electron chi connectivity index (χ4n) is 2.66. The Kier molecular flexibility index (Phi) is 6.28. The number of methoxy groups -OCH3 is 2. The van der Waals surface area contributed by atoms with Crippen LogP contribution in [0.5, 0.6) is 11.5 Å². The summed E-state index contributed by atoms with van der Waals surface area (Å²) in [5.41, 5.74) is 0.730. The maximum atomic E-state index is 12.3. The van der Waals surface area contributed by atoms with Gasteiger partial charge in [-0.1, -0.05) is 13.3 Å². The molecule has 0 aliphatic carbocycles. The van der Waals surface area contributed by atoms with E-state index < -0.39 is 0 Å². The number of rotatable bonds is 7. The quantitative estimate of drug-likeness (QED) is 0.746. The topological polar surface area (TPSA) is 79.9 Å². The number of benzene rings is 1. The third-order valence-corrected chi connectivity index (χ3v) is 3.95. The molecule has 2 N–H and O–H groups in total. The molecule has 0 spiro atoms. The first kappa shape index (κ1) is 17.9. The first-order valence-corrected chi connectivity index (χ1v) is 8.15. The fraction of sp³-hybridized carbons (Fsp3) is 0.529. The first-order chi connectivity index (χ1) is 11.6. The summed E-state index contributed by atoms with van der Waals surface area (Å²) in [6, 6.07) is 4.91. The number of carbonyl (C=O) groups is 2. The molecule has 1 aliphatic rings. The summed E-state index contributed by atoms with van der Waals surface area (Å²) in [6.45, 7) is 3.15. The Bertz CT molecular complexity index is 591. The van der Waals surface area contributed by atoms with E-state index in [2.05, 4.69) is 17.6 Å². The maximum Gasteiger partial charge on any atom is 0.315 e. The van der Waals surface area contributed by atoms with Gasteiger partial charge in [-0.25, -0.2) is 4.79 Å². The molecule has 1 aromatic carbocycles. The van der Waals surface area contributed by atoms with Crippen LogP contribution < -0.4 is 25.0 Å². The van der Waals surface area contributed by atoms with Gasteiger partial charge in [0.05, 0.1) is 20.3 Å². The van der Waals surface area contributed by atoms with Gasteiger partial charge >= 0.3 is 6.03 Å². The van der Waals surface area contributed by atoms with Crippen LogP contribution in [0, 0.1) is 0 Å². The number of nitrogens with zero attached hydrogens (tertiary/aromatic N) is 1. The van der Waals surface area contributed by atoms with Gasteiger partial charge in [0, 0.05) is 31.3 Å². The van der Waals surface area contributed by atoms with E-state index in [0.29, 0.717) is 24.6 Å². The minimum Gasteiger partial charge on any atom is -0.493 e. The molecule has 132 valence electrons. The number of anilines is 1. The van der Waals surface area contributed by atoms with E-state index in [1.807, 2.05) is 6.07 Å². The van der Waals surface area contributed by atoms with Crippen LogP contribution in [-0.2, 0) is 4.79 Å². The van der Waals surface area contributed by atoms with Gasteiger partial charge in [0.1, 0.15) is 0 Å². The minimum absolute atomic E-state index is 0.0268. The monoisotopic (exact) mass is 335 g/mol. The predicted molar refractivity (Wildman–Crippen MR) is 91.7 cm³/mol. The Hall–Kier alpha value is -2.44. The maximum absolute atomic E-state index is 12.3. The molecule has 0 saturated carbocycles. The average Bonchev–Trinajstić information content (AvgIpc) is 2.94. The molecule has 2 rings (SSSR count). The van der Waals surface area contributed by atoms with Crippen molar-refractivity contribution in [3.8, 4) is 11.5 Å². The van der Waals surface area contributed by atoms with E-state index in [9.17, 15) is 9.59 Å². The molecule has 0 radical (unpaired) electrons. The molecule has 1 saturated heterocycles. The molecule has 24 heavy (non-hydrogen) atoms. The second kappa shape index (κ2) is 8.42. The predicted octanol–water partition coefficient (Wildman–Crippen LogP) is 1.91. The van der Waals surface area contributed by atoms with Crippen LogP contribution in [0.25, 0.3) is 0 Å². The van der Waals surface area contributed by atoms with Crippen LogP contribution in [0.15, 0.2) is 18.2 Å². The Balaban J connectivity index is 1.98. The molecular weight excluding hydrogens is 310 g/mol. The molecule has 1 fully saturated rings. The molecule has 3 amide bonds. The molecule has 7 heteroatoms. The van der Waals surface area contributed by atoms with Crippen molar-refractivity contribution in [2.24, 2.45) is 0 Å². The summed E-state index contributed by atoms with van der Waals surface area (Å²) in [4.78, 5) is 25.7. The molecule has 1 aliphatic heterocycles. The van der Waals surface area contributed by atoms with Crippen molar-refractivity contribution in [1.82, 2.24) is 10.6 Å². The Morgan fingerprint density at radius 2 is 2.04 bits per heavy atom. The number of urea groups is 1. The van der Waals surface area contributed by atoms with Gasteiger partial charge in [-0.05, 0) is 18.6 Å². The van der Waals surface area contributed by atoms with Gasteiger partial charge in [-0.2, -0.15) is 0 Å². The summed E-state index contributed by atoms with van der Waals surface area (Å²) in [5, 5.41) is 5.65. The molecule has 1 atom stereocenters. The second-order valence-corrected chi connectivity index (χ2v) is 5.70. The van der Waals surface area contributed by atoms with Crippen molar-refractivity contribution in [3.63, 3.8) is 0 Å². The number of hydrogen-bond acceptors (Lipinski definition) is 4. The van der Waals surface area contributed by atoms with Crippen LogP contribution in [0.2, 0.25) is 0 Å². The molecule has 1 heterocycles. The number of carbonyl (C=O) groups excluding carboxylic acids is 2. The van der Waals surface area contributed by atoms with Crippen molar-refractivity contribution in [2.45, 2.75) is 32.2 Å². The normalized spacial score (nSPS) is 16.9. The number of hydrogen-bond donors (Lipinski definition) is 2. The van der Waals surface area contributed by atoms with E-state index in [0.717, 1.165) is 18.5 Å². The lowest BCUT2D eigenvalue weighted by Gasteiger charge is -2.19. The molecular formula is C17H25N3O4. The lowest BCUT2D eigenvalue weighted by Crippen LogP contribution is -2.43. The zero-order chi connectivity index (χ0) is 17.5. The lowest BCUT2D eigenvalue weighted by molar-refractivity contribution is -0.117. The van der Waals surface area contributed by atoms with E-state index in [1.165, 1.54) is 0 Å². The molecule has 0 bridgehead atoms. The SMILES string of the molecule is CCCCNC(=O)NC1CC(=O)N(c2ccc(OC)c(OC)c2)C1. The van der Waals surface area contributed by atoms with Crippen molar-refractivity contribution < 1.29 is 19.1 Å². The zero-order valence-corrected chi connectivity index (χ0v) is 14.4. The number of nitrogens with one attached hydrogen (secondary N) is 2. The van der Waals surface area contributed by atoms with Crippen LogP contribution in [-0.4, -0.2) is 45.3 Å². The highest BCUT2D eigenvalue weighted by Gasteiger charge is 2.32.